The molecule has 0 rings (SSSR count). The zero-order valence-electron chi connectivity index (χ0n) is 13.2. The number of carbonyl (C=O) groups is 2. The molecule has 0 aromatic heterocycles. The summed E-state index contributed by atoms with van der Waals surface area (Å²) in [4.78, 5) is 25.1. The first kappa shape index (κ1) is 18.5. The van der Waals surface area contributed by atoms with E-state index in [0.29, 0.717) is 19.4 Å². The van der Waals surface area contributed by atoms with Crippen molar-refractivity contribution in [2.24, 2.45) is 5.92 Å². The molecule has 0 heterocycles. The molecule has 0 spiro atoms. The fourth-order valence-corrected chi connectivity index (χ4v) is 2.03. The van der Waals surface area contributed by atoms with E-state index in [4.69, 9.17) is 6.42 Å². The molecule has 0 aromatic rings. The van der Waals surface area contributed by atoms with E-state index >= 15 is 0 Å². The van der Waals surface area contributed by atoms with Gasteiger partial charge in [0.1, 0.15) is 5.54 Å². The molecule has 114 valence electrons. The Balaban J connectivity index is 4.40. The number of carbonyl (C=O) groups excluding carboxylic acids is 2. The minimum atomic E-state index is -0.577. The van der Waals surface area contributed by atoms with Crippen LogP contribution in [-0.4, -0.2) is 49.6 Å². The third-order valence-electron chi connectivity index (χ3n) is 3.46. The summed E-state index contributed by atoms with van der Waals surface area (Å²) in [5.74, 6) is 1.98. The van der Waals surface area contributed by atoms with Gasteiger partial charge >= 0.3 is 5.97 Å². The normalized spacial score (nSPS) is 12.7. The minimum Gasteiger partial charge on any atom is -0.469 e. The van der Waals surface area contributed by atoms with E-state index in [-0.39, 0.29) is 24.3 Å². The molecule has 20 heavy (non-hydrogen) atoms. The van der Waals surface area contributed by atoms with Crippen molar-refractivity contribution in [2.75, 3.05) is 27.2 Å². The van der Waals surface area contributed by atoms with E-state index in [1.165, 1.54) is 7.11 Å². The number of nitrogens with zero attached hydrogens (tertiary/aromatic N) is 1. The fraction of sp³-hybridized carbons (Fsp3) is 0.733. The van der Waals surface area contributed by atoms with Gasteiger partial charge in [-0.3, -0.25) is 14.5 Å². The lowest BCUT2D eigenvalue weighted by Crippen LogP contribution is -2.50. The number of hydrogen-bond acceptors (Lipinski definition) is 4. The van der Waals surface area contributed by atoms with Crippen LogP contribution >= 0.6 is 0 Å². The molecule has 0 saturated heterocycles. The highest BCUT2D eigenvalue weighted by atomic mass is 16.5. The maximum Gasteiger partial charge on any atom is 0.309 e. The van der Waals surface area contributed by atoms with Crippen molar-refractivity contribution >= 4 is 11.9 Å². The third-order valence-corrected chi connectivity index (χ3v) is 3.46. The van der Waals surface area contributed by atoms with Gasteiger partial charge in [0.25, 0.3) is 0 Å². The summed E-state index contributed by atoms with van der Waals surface area (Å²) in [6.07, 6.45) is 6.88. The van der Waals surface area contributed by atoms with Crippen LogP contribution in [0.2, 0.25) is 0 Å². The second kappa shape index (κ2) is 8.60. The standard InChI is InChI=1S/C15H26N2O3/c1-7-15(8-2,9-3)16-13(18)11-17(5)10-12(4)14(19)20-6/h1,12H,8-11H2,2-6H3,(H,16,18). The highest BCUT2D eigenvalue weighted by Crippen LogP contribution is 2.13. The first-order valence-corrected chi connectivity index (χ1v) is 6.89. The van der Waals surface area contributed by atoms with Gasteiger partial charge in [-0.25, -0.2) is 0 Å². The van der Waals surface area contributed by atoms with Crippen LogP contribution in [0.25, 0.3) is 0 Å². The molecule has 1 amide bonds. The van der Waals surface area contributed by atoms with Crippen molar-refractivity contribution in [3.05, 3.63) is 0 Å². The Bertz CT molecular complexity index is 370. The van der Waals surface area contributed by atoms with E-state index in [0.717, 1.165) is 0 Å². The monoisotopic (exact) mass is 282 g/mol. The molecule has 1 N–H and O–H groups in total. The summed E-state index contributed by atoms with van der Waals surface area (Å²) in [6, 6.07) is 0. The molecule has 1 unspecified atom stereocenters. The van der Waals surface area contributed by atoms with Crippen LogP contribution in [0, 0.1) is 18.3 Å². The molecule has 0 aliphatic rings. The van der Waals surface area contributed by atoms with Crippen molar-refractivity contribution in [1.82, 2.24) is 10.2 Å². The largest absolute Gasteiger partial charge is 0.469 e. The number of likely N-dealkylation sites (N-methyl/N-ethyl adjacent to an activating group) is 1. The van der Waals surface area contributed by atoms with E-state index in [9.17, 15) is 9.59 Å². The average Bonchev–Trinajstić information content (AvgIpc) is 2.43. The lowest BCUT2D eigenvalue weighted by Gasteiger charge is -2.28. The molecular weight excluding hydrogens is 256 g/mol. The Kier molecular flexibility index (Phi) is 7.93. The van der Waals surface area contributed by atoms with Gasteiger partial charge in [0.05, 0.1) is 19.6 Å². The summed E-state index contributed by atoms with van der Waals surface area (Å²) in [6.45, 7) is 6.33. The van der Waals surface area contributed by atoms with E-state index in [1.807, 2.05) is 13.8 Å². The molecule has 0 aliphatic carbocycles. The van der Waals surface area contributed by atoms with Gasteiger partial charge in [0, 0.05) is 6.54 Å². The second-order valence-electron chi connectivity index (χ2n) is 5.10. The van der Waals surface area contributed by atoms with E-state index in [1.54, 1.807) is 18.9 Å². The molecule has 0 bridgehead atoms. The highest BCUT2D eigenvalue weighted by molar-refractivity contribution is 5.79. The number of rotatable bonds is 8. The Hall–Kier alpha value is -1.54. The van der Waals surface area contributed by atoms with Gasteiger partial charge < -0.3 is 10.1 Å². The van der Waals surface area contributed by atoms with Gasteiger partial charge in [-0.2, -0.15) is 0 Å². The summed E-state index contributed by atoms with van der Waals surface area (Å²) in [7, 11) is 3.14. The number of amides is 1. The number of terminal acetylenes is 1. The van der Waals surface area contributed by atoms with Crippen LogP contribution in [0.5, 0.6) is 0 Å². The maximum absolute atomic E-state index is 12.0. The van der Waals surface area contributed by atoms with Crippen LogP contribution in [-0.2, 0) is 14.3 Å². The predicted molar refractivity (Wildman–Crippen MR) is 79.0 cm³/mol. The summed E-state index contributed by atoms with van der Waals surface area (Å²) in [5.41, 5.74) is -0.577. The second-order valence-corrected chi connectivity index (χ2v) is 5.10. The number of hydrogen-bond donors (Lipinski definition) is 1. The van der Waals surface area contributed by atoms with Gasteiger partial charge in [0.2, 0.25) is 5.91 Å². The van der Waals surface area contributed by atoms with Crippen molar-refractivity contribution < 1.29 is 14.3 Å². The fourth-order valence-electron chi connectivity index (χ4n) is 2.03. The number of nitrogens with one attached hydrogen (secondary N) is 1. The van der Waals surface area contributed by atoms with Crippen molar-refractivity contribution in [2.45, 2.75) is 39.2 Å². The Morgan fingerprint density at radius 3 is 2.35 bits per heavy atom. The van der Waals surface area contributed by atoms with Crippen LogP contribution in [0.4, 0.5) is 0 Å². The highest BCUT2D eigenvalue weighted by Gasteiger charge is 2.26. The molecule has 5 heteroatoms. The van der Waals surface area contributed by atoms with E-state index < -0.39 is 5.54 Å². The average molecular weight is 282 g/mol. The predicted octanol–water partition coefficient (Wildman–Crippen LogP) is 1.04. The topological polar surface area (TPSA) is 58.6 Å². The SMILES string of the molecule is C#CC(CC)(CC)NC(=O)CN(C)CC(C)C(=O)OC. The van der Waals surface area contributed by atoms with Crippen LogP contribution in [0.1, 0.15) is 33.6 Å². The van der Waals surface area contributed by atoms with Crippen molar-refractivity contribution in [3.63, 3.8) is 0 Å². The van der Waals surface area contributed by atoms with Crippen LogP contribution in [0.15, 0.2) is 0 Å². The lowest BCUT2D eigenvalue weighted by atomic mass is 9.94. The van der Waals surface area contributed by atoms with Gasteiger partial charge in [-0.1, -0.05) is 26.7 Å². The Morgan fingerprint density at radius 1 is 1.40 bits per heavy atom. The van der Waals surface area contributed by atoms with Gasteiger partial charge in [0.15, 0.2) is 0 Å². The molecular formula is C15H26N2O3. The zero-order valence-corrected chi connectivity index (χ0v) is 13.2. The molecule has 0 fully saturated rings. The van der Waals surface area contributed by atoms with Crippen molar-refractivity contribution in [3.8, 4) is 12.3 Å². The molecule has 0 radical (unpaired) electrons. The summed E-state index contributed by atoms with van der Waals surface area (Å²) >= 11 is 0. The van der Waals surface area contributed by atoms with Crippen molar-refractivity contribution in [1.29, 1.82) is 0 Å². The zero-order chi connectivity index (χ0) is 15.8. The summed E-state index contributed by atoms with van der Waals surface area (Å²) in [5, 5.41) is 2.89. The Morgan fingerprint density at radius 2 is 1.95 bits per heavy atom. The van der Waals surface area contributed by atoms with Crippen LogP contribution in [0.3, 0.4) is 0 Å². The quantitative estimate of drug-likeness (QED) is 0.534. The number of methoxy groups -OCH3 is 1. The third kappa shape index (κ3) is 5.62. The number of ether oxygens (including phenoxy) is 1. The minimum absolute atomic E-state index is 0.133. The summed E-state index contributed by atoms with van der Waals surface area (Å²) < 4.78 is 4.66. The molecule has 0 saturated carbocycles. The van der Waals surface area contributed by atoms with Crippen LogP contribution < -0.4 is 5.32 Å². The molecule has 1 atom stereocenters. The molecule has 0 aromatic carbocycles. The number of esters is 1. The molecule has 0 aliphatic heterocycles. The maximum atomic E-state index is 12.0. The smallest absolute Gasteiger partial charge is 0.309 e. The first-order valence-electron chi connectivity index (χ1n) is 6.89. The Labute approximate surface area is 122 Å². The lowest BCUT2D eigenvalue weighted by molar-refractivity contribution is -0.145. The molecule has 5 nitrogen and oxygen atoms in total. The van der Waals surface area contributed by atoms with E-state index in [2.05, 4.69) is 16.0 Å². The van der Waals surface area contributed by atoms with Gasteiger partial charge in [-0.05, 0) is 19.9 Å². The first-order chi connectivity index (χ1) is 9.33. The van der Waals surface area contributed by atoms with Gasteiger partial charge in [-0.15, -0.1) is 6.42 Å².